The van der Waals surface area contributed by atoms with Crippen molar-refractivity contribution in [3.63, 3.8) is 0 Å². The lowest BCUT2D eigenvalue weighted by molar-refractivity contribution is -0.115. The van der Waals surface area contributed by atoms with Crippen molar-refractivity contribution in [3.8, 4) is 5.75 Å². The molecule has 24 heavy (non-hydrogen) atoms. The molecule has 8 heteroatoms. The van der Waals surface area contributed by atoms with Gasteiger partial charge in [-0.1, -0.05) is 0 Å². The summed E-state index contributed by atoms with van der Waals surface area (Å²) in [6.07, 6.45) is 0. The fourth-order valence-electron chi connectivity index (χ4n) is 2.03. The molecular weight excluding hydrogens is 335 g/mol. The lowest BCUT2D eigenvalue weighted by Crippen LogP contribution is -2.33. The van der Waals surface area contributed by atoms with E-state index < -0.39 is 28.3 Å². The number of carbonyl (C=O) groups excluding carboxylic acids is 1. The molecule has 0 saturated carbocycles. The van der Waals surface area contributed by atoms with E-state index in [2.05, 4.69) is 10.0 Å². The lowest BCUT2D eigenvalue weighted by Gasteiger charge is -2.11. The summed E-state index contributed by atoms with van der Waals surface area (Å²) < 4.78 is 44.6. The Morgan fingerprint density at radius 3 is 2.42 bits per heavy atom. The van der Waals surface area contributed by atoms with Crippen LogP contribution in [0.2, 0.25) is 0 Å². The van der Waals surface area contributed by atoms with Gasteiger partial charge in [0, 0.05) is 5.69 Å². The lowest BCUT2D eigenvalue weighted by atomic mass is 10.2. The Kier molecular flexibility index (Phi) is 5.53. The average molecular weight is 352 g/mol. The normalized spacial score (nSPS) is 11.1. The van der Waals surface area contributed by atoms with Gasteiger partial charge < -0.3 is 10.1 Å². The zero-order valence-corrected chi connectivity index (χ0v) is 14.0. The van der Waals surface area contributed by atoms with Crippen LogP contribution in [-0.2, 0) is 14.8 Å². The number of hydrogen-bond donors (Lipinski definition) is 2. The minimum absolute atomic E-state index is 0.0675. The number of nitrogens with one attached hydrogen (secondary N) is 2. The smallest absolute Gasteiger partial charge is 0.241 e. The van der Waals surface area contributed by atoms with Crippen LogP contribution in [0.1, 0.15) is 5.56 Å². The number of amides is 1. The molecule has 0 unspecified atom stereocenters. The van der Waals surface area contributed by atoms with Gasteiger partial charge in [-0.15, -0.1) is 0 Å². The van der Waals surface area contributed by atoms with Gasteiger partial charge in [-0.3, -0.25) is 4.79 Å². The number of aryl methyl sites for hydroxylation is 1. The van der Waals surface area contributed by atoms with E-state index in [1.807, 2.05) is 0 Å². The first kappa shape index (κ1) is 17.9. The summed E-state index contributed by atoms with van der Waals surface area (Å²) in [5.74, 6) is -0.444. The molecule has 2 rings (SSSR count). The van der Waals surface area contributed by atoms with Crippen molar-refractivity contribution in [1.29, 1.82) is 0 Å². The first-order chi connectivity index (χ1) is 11.3. The summed E-state index contributed by atoms with van der Waals surface area (Å²) >= 11 is 0. The third-order valence-electron chi connectivity index (χ3n) is 3.22. The number of sulfonamides is 1. The minimum Gasteiger partial charge on any atom is -0.497 e. The van der Waals surface area contributed by atoms with Crippen molar-refractivity contribution in [2.45, 2.75) is 11.8 Å². The van der Waals surface area contributed by atoms with Crippen LogP contribution in [0.4, 0.5) is 10.1 Å². The van der Waals surface area contributed by atoms with Gasteiger partial charge in [0.2, 0.25) is 15.9 Å². The monoisotopic (exact) mass is 352 g/mol. The summed E-state index contributed by atoms with van der Waals surface area (Å²) in [6.45, 7) is 1.20. The quantitative estimate of drug-likeness (QED) is 0.833. The molecule has 0 aliphatic heterocycles. The third-order valence-corrected chi connectivity index (χ3v) is 4.78. The minimum atomic E-state index is -3.84. The van der Waals surface area contributed by atoms with Crippen LogP contribution in [0.5, 0.6) is 5.75 Å². The Labute approximate surface area is 139 Å². The van der Waals surface area contributed by atoms with Crippen LogP contribution in [0.25, 0.3) is 0 Å². The third kappa shape index (κ3) is 4.53. The number of methoxy groups -OCH3 is 1. The summed E-state index contributed by atoms with van der Waals surface area (Å²) in [7, 11) is -2.35. The summed E-state index contributed by atoms with van der Waals surface area (Å²) in [5, 5.41) is 2.47. The Morgan fingerprint density at radius 1 is 1.17 bits per heavy atom. The zero-order chi connectivity index (χ0) is 17.7. The Hall–Kier alpha value is -2.45. The fourth-order valence-corrected chi connectivity index (χ4v) is 3.23. The molecule has 6 nitrogen and oxygen atoms in total. The van der Waals surface area contributed by atoms with E-state index in [4.69, 9.17) is 4.74 Å². The van der Waals surface area contributed by atoms with E-state index in [1.165, 1.54) is 43.5 Å². The van der Waals surface area contributed by atoms with Crippen molar-refractivity contribution in [2.75, 3.05) is 19.0 Å². The van der Waals surface area contributed by atoms with Gasteiger partial charge in [0.25, 0.3) is 0 Å². The van der Waals surface area contributed by atoms with E-state index in [9.17, 15) is 17.6 Å². The zero-order valence-electron chi connectivity index (χ0n) is 13.2. The maximum atomic E-state index is 12.8. The first-order valence-electron chi connectivity index (χ1n) is 7.01. The molecule has 0 fully saturated rings. The molecule has 0 atom stereocenters. The van der Waals surface area contributed by atoms with Gasteiger partial charge in [-0.2, -0.15) is 0 Å². The number of halogens is 1. The van der Waals surface area contributed by atoms with Gasteiger partial charge >= 0.3 is 0 Å². The highest BCUT2D eigenvalue weighted by molar-refractivity contribution is 7.89. The van der Waals surface area contributed by atoms with Crippen LogP contribution in [0.3, 0.4) is 0 Å². The van der Waals surface area contributed by atoms with Crippen LogP contribution >= 0.6 is 0 Å². The maximum Gasteiger partial charge on any atom is 0.241 e. The largest absolute Gasteiger partial charge is 0.497 e. The summed E-state index contributed by atoms with van der Waals surface area (Å²) in [4.78, 5) is 11.9. The van der Waals surface area contributed by atoms with Gasteiger partial charge in [-0.25, -0.2) is 17.5 Å². The van der Waals surface area contributed by atoms with Crippen molar-refractivity contribution in [3.05, 3.63) is 53.8 Å². The van der Waals surface area contributed by atoms with Crippen LogP contribution in [0, 0.1) is 12.7 Å². The molecule has 2 N–H and O–H groups in total. The number of benzene rings is 2. The molecule has 1 amide bonds. The molecule has 0 aliphatic rings. The molecule has 0 aliphatic carbocycles. The van der Waals surface area contributed by atoms with Crippen molar-refractivity contribution < 1.29 is 22.3 Å². The standard InChI is InChI=1S/C16H17FN2O4S/c1-11-9-14(23-2)7-8-15(11)24(21,22)18-10-16(20)19-13-5-3-12(17)4-6-13/h3-9,18H,10H2,1-2H3,(H,19,20). The summed E-state index contributed by atoms with van der Waals surface area (Å²) in [5.41, 5.74) is 0.877. The van der Waals surface area contributed by atoms with Gasteiger partial charge in [0.05, 0.1) is 18.6 Å². The second-order valence-corrected chi connectivity index (χ2v) is 6.75. The first-order valence-corrected chi connectivity index (χ1v) is 8.50. The molecule has 128 valence electrons. The second-order valence-electron chi connectivity index (χ2n) is 5.01. The molecule has 0 aromatic heterocycles. The van der Waals surface area contributed by atoms with E-state index in [0.29, 0.717) is 17.0 Å². The SMILES string of the molecule is COc1ccc(S(=O)(=O)NCC(=O)Nc2ccc(F)cc2)c(C)c1. The van der Waals surface area contributed by atoms with Crippen LogP contribution in [-0.4, -0.2) is 28.0 Å². The van der Waals surface area contributed by atoms with Gasteiger partial charge in [0.15, 0.2) is 0 Å². The predicted molar refractivity (Wildman–Crippen MR) is 87.9 cm³/mol. The molecule has 0 bridgehead atoms. The topological polar surface area (TPSA) is 84.5 Å². The van der Waals surface area contributed by atoms with E-state index in [1.54, 1.807) is 13.0 Å². The molecule has 0 spiro atoms. The highest BCUT2D eigenvalue weighted by atomic mass is 32.2. The van der Waals surface area contributed by atoms with E-state index >= 15 is 0 Å². The van der Waals surface area contributed by atoms with Crippen LogP contribution in [0.15, 0.2) is 47.4 Å². The van der Waals surface area contributed by atoms with E-state index in [-0.39, 0.29) is 4.90 Å². The number of rotatable bonds is 6. The number of anilines is 1. The predicted octanol–water partition coefficient (Wildman–Crippen LogP) is 2.06. The van der Waals surface area contributed by atoms with Crippen LogP contribution < -0.4 is 14.8 Å². The number of ether oxygens (including phenoxy) is 1. The van der Waals surface area contributed by atoms with Crippen molar-refractivity contribution >= 4 is 21.6 Å². The second kappa shape index (κ2) is 7.41. The van der Waals surface area contributed by atoms with E-state index in [0.717, 1.165) is 0 Å². The average Bonchev–Trinajstić information content (AvgIpc) is 2.55. The maximum absolute atomic E-state index is 12.8. The molecule has 0 saturated heterocycles. The molecule has 0 radical (unpaired) electrons. The van der Waals surface area contributed by atoms with Gasteiger partial charge in [-0.05, 0) is 55.0 Å². The van der Waals surface area contributed by atoms with Crippen molar-refractivity contribution in [2.24, 2.45) is 0 Å². The van der Waals surface area contributed by atoms with Crippen molar-refractivity contribution in [1.82, 2.24) is 4.72 Å². The number of hydrogen-bond acceptors (Lipinski definition) is 4. The highest BCUT2D eigenvalue weighted by Gasteiger charge is 2.18. The highest BCUT2D eigenvalue weighted by Crippen LogP contribution is 2.20. The Morgan fingerprint density at radius 2 is 1.83 bits per heavy atom. The molecule has 2 aromatic rings. The molecule has 0 heterocycles. The summed E-state index contributed by atoms with van der Waals surface area (Å²) in [6, 6.07) is 9.69. The number of carbonyl (C=O) groups is 1. The Bertz CT molecular complexity index is 836. The Balaban J connectivity index is 2.01. The fraction of sp³-hybridized carbons (Fsp3) is 0.188. The molecular formula is C16H17FN2O4S. The van der Waals surface area contributed by atoms with Gasteiger partial charge in [0.1, 0.15) is 11.6 Å². The molecule has 2 aromatic carbocycles.